The highest BCUT2D eigenvalue weighted by Crippen LogP contribution is 2.38. The summed E-state index contributed by atoms with van der Waals surface area (Å²) < 4.78 is 19.9. The summed E-state index contributed by atoms with van der Waals surface area (Å²) >= 11 is 0. The molecule has 7 nitrogen and oxygen atoms in total. The van der Waals surface area contributed by atoms with E-state index < -0.39 is 17.6 Å². The lowest BCUT2D eigenvalue weighted by atomic mass is 9.96. The summed E-state index contributed by atoms with van der Waals surface area (Å²) in [6, 6.07) is 23.2. The quantitative estimate of drug-likeness (QED) is 0.579. The highest BCUT2D eigenvalue weighted by molar-refractivity contribution is 5.98. The molecule has 8 heteroatoms. The van der Waals surface area contributed by atoms with Gasteiger partial charge in [0, 0.05) is 43.6 Å². The molecule has 3 amide bonds. The number of halogens is 1. The molecule has 1 N–H and O–H groups in total. The number of nitrogens with zero attached hydrogens (tertiary/aromatic N) is 2. The Morgan fingerprint density at radius 1 is 0.865 bits per heavy atom. The number of amides is 3. The zero-order chi connectivity index (χ0) is 25.8. The summed E-state index contributed by atoms with van der Waals surface area (Å²) in [6.07, 6.45) is 0.685. The minimum atomic E-state index is -1.01. The first-order valence-electron chi connectivity index (χ1n) is 12.4. The van der Waals surface area contributed by atoms with Crippen LogP contribution in [0.1, 0.15) is 39.1 Å². The third-order valence-corrected chi connectivity index (χ3v) is 7.02. The van der Waals surface area contributed by atoms with E-state index in [0.29, 0.717) is 38.0 Å². The van der Waals surface area contributed by atoms with E-state index in [0.717, 1.165) is 5.56 Å². The summed E-state index contributed by atoms with van der Waals surface area (Å²) in [4.78, 5) is 43.2. The van der Waals surface area contributed by atoms with Gasteiger partial charge in [0.25, 0.3) is 11.8 Å². The van der Waals surface area contributed by atoms with Crippen LogP contribution in [0.15, 0.2) is 84.9 Å². The topological polar surface area (TPSA) is 79.0 Å². The van der Waals surface area contributed by atoms with E-state index in [9.17, 15) is 18.8 Å². The number of hydrogen-bond acceptors (Lipinski definition) is 4. The van der Waals surface area contributed by atoms with Gasteiger partial charge in [-0.25, -0.2) is 4.39 Å². The van der Waals surface area contributed by atoms with Gasteiger partial charge in [-0.3, -0.25) is 19.3 Å². The summed E-state index contributed by atoms with van der Waals surface area (Å²) in [5.74, 6) is -1.32. The van der Waals surface area contributed by atoms with Crippen molar-refractivity contribution in [2.24, 2.45) is 0 Å². The monoisotopic (exact) mass is 501 g/mol. The lowest BCUT2D eigenvalue weighted by Gasteiger charge is -2.44. The van der Waals surface area contributed by atoms with Crippen LogP contribution in [0.5, 0.6) is 0 Å². The van der Waals surface area contributed by atoms with Crippen molar-refractivity contribution in [3.63, 3.8) is 0 Å². The second-order valence-corrected chi connectivity index (χ2v) is 9.32. The molecule has 190 valence electrons. The van der Waals surface area contributed by atoms with Crippen LogP contribution in [0.25, 0.3) is 0 Å². The van der Waals surface area contributed by atoms with Crippen molar-refractivity contribution >= 4 is 17.7 Å². The van der Waals surface area contributed by atoms with Gasteiger partial charge in [0.15, 0.2) is 0 Å². The van der Waals surface area contributed by atoms with E-state index in [2.05, 4.69) is 5.32 Å². The summed E-state index contributed by atoms with van der Waals surface area (Å²) in [7, 11) is 0. The van der Waals surface area contributed by atoms with E-state index in [1.165, 1.54) is 18.2 Å². The molecule has 0 aromatic heterocycles. The van der Waals surface area contributed by atoms with Crippen LogP contribution >= 0.6 is 0 Å². The molecule has 2 heterocycles. The van der Waals surface area contributed by atoms with Gasteiger partial charge < -0.3 is 15.0 Å². The molecule has 2 saturated heterocycles. The number of carbonyl (C=O) groups is 3. The van der Waals surface area contributed by atoms with Gasteiger partial charge >= 0.3 is 0 Å². The van der Waals surface area contributed by atoms with Crippen LogP contribution in [0, 0.1) is 5.82 Å². The Morgan fingerprint density at radius 2 is 1.51 bits per heavy atom. The van der Waals surface area contributed by atoms with Gasteiger partial charge in [-0.1, -0.05) is 54.6 Å². The molecular weight excluding hydrogens is 473 g/mol. The standard InChI is InChI=1S/C29H28FN3O4/c30-24-13-7-12-23(18-24)27(35)32-16-14-29(15-17-32)33(28(36)22-10-5-2-6-11-22)25(20-37-29)26(34)31-19-21-8-3-1-4-9-21/h1-13,18,25H,14-17,19-20H2,(H,31,34)/t25-/m1/s1. The number of piperidine rings is 1. The van der Waals surface area contributed by atoms with Crippen LogP contribution < -0.4 is 5.32 Å². The van der Waals surface area contributed by atoms with Crippen molar-refractivity contribution in [1.82, 2.24) is 15.1 Å². The minimum absolute atomic E-state index is 0.0665. The van der Waals surface area contributed by atoms with Gasteiger partial charge in [-0.05, 0) is 35.9 Å². The SMILES string of the molecule is O=C(NCc1ccccc1)[C@H]1COC2(CCN(C(=O)c3cccc(F)c3)CC2)N1C(=O)c1ccccc1. The third kappa shape index (κ3) is 5.11. The zero-order valence-corrected chi connectivity index (χ0v) is 20.3. The maximum Gasteiger partial charge on any atom is 0.256 e. The minimum Gasteiger partial charge on any atom is -0.353 e. The molecule has 37 heavy (non-hydrogen) atoms. The number of rotatable bonds is 5. The van der Waals surface area contributed by atoms with Crippen LogP contribution in [0.2, 0.25) is 0 Å². The Morgan fingerprint density at radius 3 is 2.19 bits per heavy atom. The van der Waals surface area contributed by atoms with Crippen LogP contribution in [-0.2, 0) is 16.1 Å². The molecule has 0 aliphatic carbocycles. The predicted molar refractivity (Wildman–Crippen MR) is 135 cm³/mol. The van der Waals surface area contributed by atoms with Gasteiger partial charge in [-0.15, -0.1) is 0 Å². The highest BCUT2D eigenvalue weighted by atomic mass is 19.1. The first-order valence-corrected chi connectivity index (χ1v) is 12.4. The average Bonchev–Trinajstić information content (AvgIpc) is 3.30. The Bertz CT molecular complexity index is 1280. The normalized spacial score (nSPS) is 18.6. The number of nitrogens with one attached hydrogen (secondary N) is 1. The third-order valence-electron chi connectivity index (χ3n) is 7.02. The van der Waals surface area contributed by atoms with E-state index in [1.54, 1.807) is 40.1 Å². The smallest absolute Gasteiger partial charge is 0.256 e. The molecule has 3 aromatic rings. The summed E-state index contributed by atoms with van der Waals surface area (Å²) in [5, 5.41) is 2.94. The largest absolute Gasteiger partial charge is 0.353 e. The van der Waals surface area contributed by atoms with E-state index in [-0.39, 0.29) is 29.9 Å². The molecule has 3 aromatic carbocycles. The fraction of sp³-hybridized carbons (Fsp3) is 0.276. The molecule has 0 saturated carbocycles. The molecule has 0 bridgehead atoms. The first kappa shape index (κ1) is 24.6. The molecule has 2 aliphatic heterocycles. The molecule has 1 spiro atoms. The second-order valence-electron chi connectivity index (χ2n) is 9.32. The van der Waals surface area contributed by atoms with E-state index in [4.69, 9.17) is 4.74 Å². The number of carbonyl (C=O) groups excluding carboxylic acids is 3. The maximum absolute atomic E-state index is 13.7. The molecule has 2 aliphatic rings. The zero-order valence-electron chi connectivity index (χ0n) is 20.3. The number of benzene rings is 3. The van der Waals surface area contributed by atoms with E-state index >= 15 is 0 Å². The lowest BCUT2D eigenvalue weighted by Crippen LogP contribution is -2.59. The molecule has 1 atom stereocenters. The van der Waals surface area contributed by atoms with Crippen molar-refractivity contribution in [3.8, 4) is 0 Å². The molecular formula is C29H28FN3O4. The van der Waals surface area contributed by atoms with E-state index in [1.807, 2.05) is 36.4 Å². The van der Waals surface area contributed by atoms with Crippen molar-refractivity contribution in [2.45, 2.75) is 31.2 Å². The van der Waals surface area contributed by atoms with Gasteiger partial charge in [-0.2, -0.15) is 0 Å². The fourth-order valence-corrected chi connectivity index (χ4v) is 5.05. The molecule has 0 radical (unpaired) electrons. The van der Waals surface area contributed by atoms with Crippen molar-refractivity contribution < 1.29 is 23.5 Å². The first-order chi connectivity index (χ1) is 18.0. The Kier molecular flexibility index (Phi) is 7.01. The second kappa shape index (κ2) is 10.5. The number of hydrogen-bond donors (Lipinski definition) is 1. The Labute approximate surface area is 214 Å². The summed E-state index contributed by atoms with van der Waals surface area (Å²) in [5.41, 5.74) is 0.681. The van der Waals surface area contributed by atoms with Crippen molar-refractivity contribution in [1.29, 1.82) is 0 Å². The van der Waals surface area contributed by atoms with Gasteiger partial charge in [0.05, 0.1) is 6.61 Å². The van der Waals surface area contributed by atoms with Crippen molar-refractivity contribution in [3.05, 3.63) is 107 Å². The van der Waals surface area contributed by atoms with Crippen molar-refractivity contribution in [2.75, 3.05) is 19.7 Å². The van der Waals surface area contributed by atoms with Crippen LogP contribution in [0.3, 0.4) is 0 Å². The Balaban J connectivity index is 1.35. The molecule has 2 fully saturated rings. The average molecular weight is 502 g/mol. The highest BCUT2D eigenvalue weighted by Gasteiger charge is 2.54. The fourth-order valence-electron chi connectivity index (χ4n) is 5.05. The van der Waals surface area contributed by atoms with Crippen LogP contribution in [-0.4, -0.2) is 59.0 Å². The Hall–Kier alpha value is -4.04. The molecule has 5 rings (SSSR count). The van der Waals surface area contributed by atoms with Gasteiger partial charge in [0.2, 0.25) is 5.91 Å². The number of ether oxygens (including phenoxy) is 1. The number of likely N-dealkylation sites (tertiary alicyclic amines) is 1. The molecule has 0 unspecified atom stereocenters. The maximum atomic E-state index is 13.7. The predicted octanol–water partition coefficient (Wildman–Crippen LogP) is 3.62. The summed E-state index contributed by atoms with van der Waals surface area (Å²) in [6.45, 7) is 1.03. The van der Waals surface area contributed by atoms with Gasteiger partial charge in [0.1, 0.15) is 17.6 Å². The lowest BCUT2D eigenvalue weighted by molar-refractivity contribution is -0.128. The van der Waals surface area contributed by atoms with Crippen LogP contribution in [0.4, 0.5) is 4.39 Å².